The van der Waals surface area contributed by atoms with E-state index in [1.807, 2.05) is 34.7 Å². The van der Waals surface area contributed by atoms with Gasteiger partial charge in [-0.2, -0.15) is 0 Å². The molecule has 5 nitrogen and oxygen atoms in total. The van der Waals surface area contributed by atoms with Gasteiger partial charge in [0.25, 0.3) is 5.69 Å². The van der Waals surface area contributed by atoms with Crippen LogP contribution in [0.1, 0.15) is 6.42 Å². The third-order valence-corrected chi connectivity index (χ3v) is 3.98. The lowest BCUT2D eigenvalue weighted by Crippen LogP contribution is -2.22. The number of nitro benzene ring substituents is 1. The Labute approximate surface area is 113 Å². The van der Waals surface area contributed by atoms with Gasteiger partial charge in [0.05, 0.1) is 8.49 Å². The molecule has 1 unspecified atom stereocenters. The molecular formula is C11H14IN3O2. The van der Waals surface area contributed by atoms with E-state index in [-0.39, 0.29) is 10.6 Å². The van der Waals surface area contributed by atoms with E-state index in [9.17, 15) is 10.1 Å². The van der Waals surface area contributed by atoms with Crippen LogP contribution in [0.4, 0.5) is 11.4 Å². The largest absolute Gasteiger partial charge is 0.371 e. The lowest BCUT2D eigenvalue weighted by molar-refractivity contribution is -0.385. The minimum Gasteiger partial charge on any atom is -0.371 e. The second-order valence-electron chi connectivity index (χ2n) is 4.23. The molecule has 2 N–H and O–H groups in total. The molecule has 0 radical (unpaired) electrons. The molecule has 1 atom stereocenters. The maximum absolute atomic E-state index is 10.7. The molecule has 0 bridgehead atoms. The number of nitrogens with zero attached hydrogens (tertiary/aromatic N) is 2. The monoisotopic (exact) mass is 347 g/mol. The van der Waals surface area contributed by atoms with Gasteiger partial charge in [-0.15, -0.1) is 0 Å². The number of halogens is 1. The summed E-state index contributed by atoms with van der Waals surface area (Å²) in [6.45, 7) is 2.64. The summed E-state index contributed by atoms with van der Waals surface area (Å²) in [4.78, 5) is 12.6. The van der Waals surface area contributed by atoms with Crippen LogP contribution in [-0.4, -0.2) is 24.6 Å². The highest BCUT2D eigenvalue weighted by Gasteiger charge is 2.22. The van der Waals surface area contributed by atoms with Crippen LogP contribution < -0.4 is 10.6 Å². The van der Waals surface area contributed by atoms with Crippen molar-refractivity contribution in [1.29, 1.82) is 0 Å². The van der Waals surface area contributed by atoms with Crippen LogP contribution in [0.15, 0.2) is 18.2 Å². The van der Waals surface area contributed by atoms with Crippen molar-refractivity contribution in [3.63, 3.8) is 0 Å². The molecule has 0 aliphatic carbocycles. The Morgan fingerprint density at radius 2 is 2.35 bits per heavy atom. The fourth-order valence-corrected chi connectivity index (χ4v) is 2.80. The van der Waals surface area contributed by atoms with Gasteiger partial charge in [0, 0.05) is 24.8 Å². The lowest BCUT2D eigenvalue weighted by atomic mass is 10.1. The van der Waals surface area contributed by atoms with Gasteiger partial charge in [-0.1, -0.05) is 0 Å². The first-order valence-electron chi connectivity index (χ1n) is 5.50. The minimum atomic E-state index is -0.349. The van der Waals surface area contributed by atoms with Gasteiger partial charge in [0.15, 0.2) is 0 Å². The first-order valence-corrected chi connectivity index (χ1v) is 6.58. The Morgan fingerprint density at radius 3 is 2.88 bits per heavy atom. The summed E-state index contributed by atoms with van der Waals surface area (Å²) < 4.78 is 0.682. The minimum absolute atomic E-state index is 0.170. The topological polar surface area (TPSA) is 72.4 Å². The summed E-state index contributed by atoms with van der Waals surface area (Å²) in [7, 11) is 0. The third kappa shape index (κ3) is 2.68. The number of anilines is 1. The molecule has 6 heteroatoms. The Morgan fingerprint density at radius 1 is 1.59 bits per heavy atom. The van der Waals surface area contributed by atoms with Crippen LogP contribution >= 0.6 is 22.6 Å². The summed E-state index contributed by atoms with van der Waals surface area (Å²) in [6.07, 6.45) is 1.10. The first kappa shape index (κ1) is 12.6. The molecule has 0 aromatic heterocycles. The molecule has 2 rings (SSSR count). The number of nitro groups is 1. The van der Waals surface area contributed by atoms with Crippen molar-refractivity contribution < 1.29 is 4.92 Å². The maximum atomic E-state index is 10.7. The molecule has 0 spiro atoms. The average molecular weight is 347 g/mol. The highest BCUT2D eigenvalue weighted by atomic mass is 127. The van der Waals surface area contributed by atoms with Gasteiger partial charge in [-0.3, -0.25) is 10.1 Å². The first-order chi connectivity index (χ1) is 8.11. The predicted octanol–water partition coefficient (Wildman–Crippen LogP) is 1.98. The van der Waals surface area contributed by atoms with Crippen LogP contribution in [0.25, 0.3) is 0 Å². The molecule has 1 heterocycles. The number of rotatable bonds is 3. The third-order valence-electron chi connectivity index (χ3n) is 3.11. The van der Waals surface area contributed by atoms with E-state index in [2.05, 4.69) is 4.90 Å². The van der Waals surface area contributed by atoms with Gasteiger partial charge in [-0.05, 0) is 53.6 Å². The zero-order valence-corrected chi connectivity index (χ0v) is 11.5. The molecule has 0 saturated carbocycles. The molecule has 1 aromatic carbocycles. The molecule has 1 aromatic rings. The van der Waals surface area contributed by atoms with Crippen LogP contribution in [0.5, 0.6) is 0 Å². The van der Waals surface area contributed by atoms with Gasteiger partial charge < -0.3 is 10.6 Å². The summed E-state index contributed by atoms with van der Waals surface area (Å²) >= 11 is 2.01. The standard InChI is InChI=1S/C11H14IN3O2/c12-10-5-9(1-2-11(10)15(16)17)14-4-3-8(6-13)7-14/h1-2,5,8H,3-4,6-7,13H2. The van der Waals surface area contributed by atoms with Gasteiger partial charge >= 0.3 is 0 Å². The quantitative estimate of drug-likeness (QED) is 0.516. The Kier molecular flexibility index (Phi) is 3.82. The van der Waals surface area contributed by atoms with Gasteiger partial charge in [0.2, 0.25) is 0 Å². The Bertz CT molecular complexity index is 439. The van der Waals surface area contributed by atoms with E-state index < -0.39 is 0 Å². The smallest absolute Gasteiger partial charge is 0.282 e. The van der Waals surface area contributed by atoms with Crippen LogP contribution in [0.2, 0.25) is 0 Å². The fraction of sp³-hybridized carbons (Fsp3) is 0.455. The van der Waals surface area contributed by atoms with Gasteiger partial charge in [0.1, 0.15) is 0 Å². The maximum Gasteiger partial charge on any atom is 0.282 e. The molecule has 17 heavy (non-hydrogen) atoms. The van der Waals surface area contributed by atoms with E-state index in [1.54, 1.807) is 6.07 Å². The van der Waals surface area contributed by atoms with Crippen LogP contribution in [-0.2, 0) is 0 Å². The Balaban J connectivity index is 2.18. The molecule has 1 aliphatic rings. The summed E-state index contributed by atoms with van der Waals surface area (Å²) in [5.74, 6) is 0.544. The van der Waals surface area contributed by atoms with Crippen LogP contribution in [0, 0.1) is 19.6 Å². The zero-order valence-electron chi connectivity index (χ0n) is 9.30. The number of hydrogen-bond acceptors (Lipinski definition) is 4. The molecule has 1 saturated heterocycles. The Hall–Kier alpha value is -0.890. The van der Waals surface area contributed by atoms with Crippen molar-refractivity contribution in [3.8, 4) is 0 Å². The SMILES string of the molecule is NCC1CCN(c2ccc([N+](=O)[O-])c(I)c2)C1. The van der Waals surface area contributed by atoms with Crippen molar-refractivity contribution in [1.82, 2.24) is 0 Å². The van der Waals surface area contributed by atoms with Crippen LogP contribution in [0.3, 0.4) is 0 Å². The van der Waals surface area contributed by atoms with Crippen molar-refractivity contribution >= 4 is 34.0 Å². The van der Waals surface area contributed by atoms with E-state index in [1.165, 1.54) is 0 Å². The van der Waals surface area contributed by atoms with Gasteiger partial charge in [-0.25, -0.2) is 0 Å². The highest BCUT2D eigenvalue weighted by Crippen LogP contribution is 2.29. The van der Waals surface area contributed by atoms with Crippen molar-refractivity contribution in [3.05, 3.63) is 31.9 Å². The predicted molar refractivity (Wildman–Crippen MR) is 75.2 cm³/mol. The van der Waals surface area contributed by atoms with E-state index in [4.69, 9.17) is 5.73 Å². The molecule has 1 fully saturated rings. The van der Waals surface area contributed by atoms with E-state index in [0.717, 1.165) is 25.2 Å². The van der Waals surface area contributed by atoms with Crippen molar-refractivity contribution in [2.24, 2.45) is 11.7 Å². The van der Waals surface area contributed by atoms with E-state index in [0.29, 0.717) is 16.0 Å². The second-order valence-corrected chi connectivity index (χ2v) is 5.39. The second kappa shape index (κ2) is 5.18. The van der Waals surface area contributed by atoms with E-state index >= 15 is 0 Å². The normalized spacial score (nSPS) is 19.6. The lowest BCUT2D eigenvalue weighted by Gasteiger charge is -2.18. The highest BCUT2D eigenvalue weighted by molar-refractivity contribution is 14.1. The average Bonchev–Trinajstić information content (AvgIpc) is 2.76. The van der Waals surface area contributed by atoms with Crippen molar-refractivity contribution in [2.45, 2.75) is 6.42 Å². The summed E-state index contributed by atoms with van der Waals surface area (Å²) in [6, 6.07) is 5.27. The molecule has 1 aliphatic heterocycles. The van der Waals surface area contributed by atoms with Crippen molar-refractivity contribution in [2.75, 3.05) is 24.5 Å². The molecule has 0 amide bonds. The number of benzene rings is 1. The fourth-order valence-electron chi connectivity index (χ4n) is 2.10. The molecular weight excluding hydrogens is 333 g/mol. The molecule has 92 valence electrons. The number of nitrogens with two attached hydrogens (primary N) is 1. The summed E-state index contributed by atoms with van der Waals surface area (Å²) in [5.41, 5.74) is 6.87. The summed E-state index contributed by atoms with van der Waals surface area (Å²) in [5, 5.41) is 10.7. The number of hydrogen-bond donors (Lipinski definition) is 1. The zero-order chi connectivity index (χ0) is 12.4.